The summed E-state index contributed by atoms with van der Waals surface area (Å²) in [7, 11) is -3.60. The maximum atomic E-state index is 12.0. The molecule has 0 bridgehead atoms. The molecule has 0 heterocycles. The molecule has 0 unspecified atom stereocenters. The Labute approximate surface area is 111 Å². The second-order valence-corrected chi connectivity index (χ2v) is 6.60. The first-order valence-corrected chi connectivity index (χ1v) is 7.76. The Hall–Kier alpha value is -1.05. The molecule has 1 rings (SSSR count). The second-order valence-electron chi connectivity index (χ2n) is 3.91. The van der Waals surface area contributed by atoms with Crippen molar-refractivity contribution in [3.8, 4) is 0 Å². The van der Waals surface area contributed by atoms with E-state index in [0.717, 1.165) is 11.8 Å². The van der Waals surface area contributed by atoms with Gasteiger partial charge in [-0.05, 0) is 26.0 Å². The van der Waals surface area contributed by atoms with Crippen LogP contribution in [0.3, 0.4) is 0 Å². The molecule has 1 aromatic carbocycles. The topological polar surface area (TPSA) is 83.5 Å². The number of carbonyl (C=O) groups is 1. The Morgan fingerprint density at radius 1 is 1.39 bits per heavy atom. The van der Waals surface area contributed by atoms with Crippen LogP contribution in [0.1, 0.15) is 13.8 Å². The van der Waals surface area contributed by atoms with Crippen LogP contribution in [-0.2, 0) is 14.8 Å². The lowest BCUT2D eigenvalue weighted by molar-refractivity contribution is -0.133. The van der Waals surface area contributed by atoms with Gasteiger partial charge in [0.15, 0.2) is 0 Å². The van der Waals surface area contributed by atoms with Crippen LogP contribution < -0.4 is 4.72 Å². The molecule has 5 nitrogen and oxygen atoms in total. The molecule has 1 aromatic rings. The van der Waals surface area contributed by atoms with Crippen molar-refractivity contribution in [2.24, 2.45) is 0 Å². The van der Waals surface area contributed by atoms with Gasteiger partial charge in [0.05, 0.1) is 10.6 Å². The Bertz CT molecular complexity index is 526. The van der Waals surface area contributed by atoms with Gasteiger partial charge in [-0.15, -0.1) is 11.8 Å². The fraction of sp³-hybridized carbons (Fsp3) is 0.364. The third kappa shape index (κ3) is 4.32. The summed E-state index contributed by atoms with van der Waals surface area (Å²) in [6, 6.07) is 6.14. The molecule has 2 N–H and O–H groups in total. The molecule has 0 saturated carbocycles. The van der Waals surface area contributed by atoms with Gasteiger partial charge in [-0.25, -0.2) is 13.1 Å². The number of thioether (sulfide) groups is 1. The van der Waals surface area contributed by atoms with Gasteiger partial charge >= 0.3 is 5.97 Å². The minimum atomic E-state index is -3.60. The lowest BCUT2D eigenvalue weighted by atomic mass is 10.4. The van der Waals surface area contributed by atoms with Gasteiger partial charge in [-0.2, -0.15) is 0 Å². The quantitative estimate of drug-likeness (QED) is 0.776. The average molecular weight is 289 g/mol. The van der Waals surface area contributed by atoms with Crippen molar-refractivity contribution in [3.63, 3.8) is 0 Å². The Morgan fingerprint density at radius 3 is 2.56 bits per heavy atom. The van der Waals surface area contributed by atoms with Gasteiger partial charge in [0.2, 0.25) is 10.0 Å². The van der Waals surface area contributed by atoms with E-state index in [4.69, 9.17) is 5.11 Å². The molecule has 0 amide bonds. The van der Waals surface area contributed by atoms with Gasteiger partial charge in [-0.1, -0.05) is 12.1 Å². The van der Waals surface area contributed by atoms with E-state index < -0.39 is 16.0 Å². The maximum Gasteiger partial charge on any atom is 0.313 e. The highest BCUT2D eigenvalue weighted by atomic mass is 32.2. The van der Waals surface area contributed by atoms with E-state index in [1.54, 1.807) is 32.0 Å². The first kappa shape index (κ1) is 15.0. The predicted octanol–water partition coefficient (Wildman–Crippen LogP) is 1.55. The first-order chi connectivity index (χ1) is 8.33. The van der Waals surface area contributed by atoms with Crippen LogP contribution in [0.15, 0.2) is 34.1 Å². The summed E-state index contributed by atoms with van der Waals surface area (Å²) in [5.41, 5.74) is 0. The van der Waals surface area contributed by atoms with E-state index in [1.165, 1.54) is 6.07 Å². The molecule has 0 saturated heterocycles. The van der Waals surface area contributed by atoms with Gasteiger partial charge in [0.1, 0.15) is 0 Å². The molecule has 0 radical (unpaired) electrons. The first-order valence-electron chi connectivity index (χ1n) is 5.29. The fourth-order valence-electron chi connectivity index (χ4n) is 1.30. The number of sulfonamides is 1. The van der Waals surface area contributed by atoms with E-state index in [1.807, 2.05) is 0 Å². The van der Waals surface area contributed by atoms with Crippen LogP contribution in [-0.4, -0.2) is 31.3 Å². The molecule has 0 atom stereocenters. The molecule has 0 aliphatic rings. The number of rotatable bonds is 6. The highest BCUT2D eigenvalue weighted by Gasteiger charge is 2.19. The van der Waals surface area contributed by atoms with Crippen molar-refractivity contribution >= 4 is 27.8 Å². The Morgan fingerprint density at radius 2 is 2.00 bits per heavy atom. The Balaban J connectivity index is 3.05. The number of hydrogen-bond acceptors (Lipinski definition) is 4. The lowest BCUT2D eigenvalue weighted by Crippen LogP contribution is -2.30. The molecule has 0 fully saturated rings. The monoisotopic (exact) mass is 289 g/mol. The maximum absolute atomic E-state index is 12.0. The normalized spacial score (nSPS) is 11.7. The molecule has 18 heavy (non-hydrogen) atoms. The number of hydrogen-bond donors (Lipinski definition) is 2. The van der Waals surface area contributed by atoms with Crippen LogP contribution >= 0.6 is 11.8 Å². The molecular weight excluding hydrogens is 274 g/mol. The number of nitrogens with one attached hydrogen (secondary N) is 1. The summed E-state index contributed by atoms with van der Waals surface area (Å²) in [5.74, 6) is -1.15. The van der Waals surface area contributed by atoms with Crippen molar-refractivity contribution in [1.29, 1.82) is 0 Å². The number of benzene rings is 1. The van der Waals surface area contributed by atoms with E-state index in [9.17, 15) is 13.2 Å². The summed E-state index contributed by atoms with van der Waals surface area (Å²) in [6.45, 7) is 3.45. The van der Waals surface area contributed by atoms with Crippen LogP contribution in [0.4, 0.5) is 0 Å². The van der Waals surface area contributed by atoms with Crippen molar-refractivity contribution < 1.29 is 18.3 Å². The number of carboxylic acids is 1. The molecule has 0 spiro atoms. The zero-order chi connectivity index (χ0) is 13.8. The molecule has 7 heteroatoms. The molecule has 0 aliphatic heterocycles. The summed E-state index contributed by atoms with van der Waals surface area (Å²) < 4.78 is 26.5. The van der Waals surface area contributed by atoms with Crippen LogP contribution in [0, 0.1) is 0 Å². The summed E-state index contributed by atoms with van der Waals surface area (Å²) >= 11 is 0.990. The van der Waals surface area contributed by atoms with E-state index >= 15 is 0 Å². The third-order valence-corrected chi connectivity index (χ3v) is 4.78. The smallest absolute Gasteiger partial charge is 0.313 e. The summed E-state index contributed by atoms with van der Waals surface area (Å²) in [4.78, 5) is 11.1. The van der Waals surface area contributed by atoms with Crippen LogP contribution in [0.5, 0.6) is 0 Å². The SMILES string of the molecule is CC(C)NS(=O)(=O)c1ccccc1SCC(=O)O. The standard InChI is InChI=1S/C11H15NO4S2/c1-8(2)12-18(15,16)10-6-4-3-5-9(10)17-7-11(13)14/h3-6,8,12H,7H2,1-2H3,(H,13,14). The molecule has 0 aromatic heterocycles. The highest BCUT2D eigenvalue weighted by molar-refractivity contribution is 8.00. The average Bonchev–Trinajstić information content (AvgIpc) is 2.25. The molecule has 100 valence electrons. The van der Waals surface area contributed by atoms with E-state index in [0.29, 0.717) is 4.90 Å². The third-order valence-electron chi connectivity index (χ3n) is 1.88. The highest BCUT2D eigenvalue weighted by Crippen LogP contribution is 2.26. The number of carboxylic acid groups (broad SMARTS) is 1. The minimum Gasteiger partial charge on any atom is -0.481 e. The lowest BCUT2D eigenvalue weighted by Gasteiger charge is -2.12. The van der Waals surface area contributed by atoms with Crippen molar-refractivity contribution in [1.82, 2.24) is 4.72 Å². The van der Waals surface area contributed by atoms with Gasteiger partial charge in [0.25, 0.3) is 0 Å². The number of aliphatic carboxylic acids is 1. The second kappa shape index (κ2) is 6.21. The van der Waals surface area contributed by atoms with Crippen molar-refractivity contribution in [2.45, 2.75) is 29.7 Å². The fourth-order valence-corrected chi connectivity index (χ4v) is 3.81. The van der Waals surface area contributed by atoms with Crippen molar-refractivity contribution in [2.75, 3.05) is 5.75 Å². The van der Waals surface area contributed by atoms with E-state index in [-0.39, 0.29) is 16.7 Å². The van der Waals surface area contributed by atoms with Crippen LogP contribution in [0.25, 0.3) is 0 Å². The summed E-state index contributed by atoms with van der Waals surface area (Å²) in [5, 5.41) is 8.63. The molecule has 0 aliphatic carbocycles. The predicted molar refractivity (Wildman–Crippen MR) is 70.3 cm³/mol. The zero-order valence-electron chi connectivity index (χ0n) is 10.1. The van der Waals surface area contributed by atoms with Gasteiger partial charge in [0, 0.05) is 10.9 Å². The molecular formula is C11H15NO4S2. The Kier molecular flexibility index (Phi) is 5.18. The zero-order valence-corrected chi connectivity index (χ0v) is 11.7. The summed E-state index contributed by atoms with van der Waals surface area (Å²) in [6.07, 6.45) is 0. The van der Waals surface area contributed by atoms with Crippen molar-refractivity contribution in [3.05, 3.63) is 24.3 Å². The van der Waals surface area contributed by atoms with E-state index in [2.05, 4.69) is 4.72 Å². The van der Waals surface area contributed by atoms with Gasteiger partial charge < -0.3 is 5.11 Å². The largest absolute Gasteiger partial charge is 0.481 e. The minimum absolute atomic E-state index is 0.116. The van der Waals surface area contributed by atoms with Crippen LogP contribution in [0.2, 0.25) is 0 Å². The van der Waals surface area contributed by atoms with Gasteiger partial charge in [-0.3, -0.25) is 4.79 Å².